The number of nitrogens with zero attached hydrogens (tertiary/aromatic N) is 3. The second-order valence-electron chi connectivity index (χ2n) is 1.75. The van der Waals surface area contributed by atoms with Gasteiger partial charge in [0.2, 0.25) is 0 Å². The van der Waals surface area contributed by atoms with E-state index in [0.29, 0.717) is 13.3 Å². The van der Waals surface area contributed by atoms with Gasteiger partial charge in [-0.05, 0) is 0 Å². The largest absolute Gasteiger partial charge is 0.266 e. The topological polar surface area (TPSA) is 87.8 Å². The van der Waals surface area contributed by atoms with Gasteiger partial charge in [-0.3, -0.25) is 17.5 Å². The van der Waals surface area contributed by atoms with Crippen LogP contribution < -0.4 is 17.5 Å². The molecular weight excluding hydrogens is 144 g/mol. The number of hydrogen-bond donors (Lipinski definition) is 3. The molecule has 1 aliphatic rings. The molecule has 0 atom stereocenters. The van der Waals surface area contributed by atoms with E-state index in [2.05, 4.69) is 0 Å². The van der Waals surface area contributed by atoms with Gasteiger partial charge in [0.05, 0.1) is 13.3 Å². The summed E-state index contributed by atoms with van der Waals surface area (Å²) in [5.74, 6) is 15.9. The molecule has 0 bridgehead atoms. The van der Waals surface area contributed by atoms with Gasteiger partial charge in [0.1, 0.15) is 0 Å². The molecule has 0 unspecified atom stereocenters. The molecule has 0 saturated carbocycles. The second kappa shape index (κ2) is 3.28. The van der Waals surface area contributed by atoms with Crippen LogP contribution in [-0.4, -0.2) is 28.6 Å². The fourth-order valence-corrected chi connectivity index (χ4v) is 0.579. The summed E-state index contributed by atoms with van der Waals surface area (Å²) in [5, 5.41) is 4.17. The molecule has 56 valence electrons. The standard InChI is InChI=1S/C2H10N6.ClH/c3-6-1-7(4)8(5)2-6;/h1-5H2;1H. The predicted octanol–water partition coefficient (Wildman–Crippen LogP) is -2.22. The van der Waals surface area contributed by atoms with Gasteiger partial charge in [-0.2, -0.15) is 0 Å². The van der Waals surface area contributed by atoms with Gasteiger partial charge in [0.15, 0.2) is 0 Å². The lowest BCUT2D eigenvalue weighted by atomic mass is 11.0. The summed E-state index contributed by atoms with van der Waals surface area (Å²) in [5.41, 5.74) is 0. The average molecular weight is 155 g/mol. The number of nitrogens with two attached hydrogens (primary N) is 3. The van der Waals surface area contributed by atoms with E-state index in [1.807, 2.05) is 0 Å². The fourth-order valence-electron chi connectivity index (χ4n) is 0.579. The van der Waals surface area contributed by atoms with Crippen LogP contribution in [0, 0.1) is 0 Å². The minimum absolute atomic E-state index is 0. The Bertz CT molecular complexity index is 77.1. The summed E-state index contributed by atoms with van der Waals surface area (Å²) in [7, 11) is 0. The van der Waals surface area contributed by atoms with Crippen LogP contribution in [0.1, 0.15) is 0 Å². The minimum Gasteiger partial charge on any atom is -0.266 e. The molecule has 0 aromatic heterocycles. The molecule has 6 nitrogen and oxygen atoms in total. The van der Waals surface area contributed by atoms with Crippen LogP contribution in [-0.2, 0) is 0 Å². The Kier molecular flexibility index (Phi) is 3.30. The number of hydrazine groups is 4. The first-order valence-electron chi connectivity index (χ1n) is 2.24. The van der Waals surface area contributed by atoms with E-state index >= 15 is 0 Å². The maximum absolute atomic E-state index is 5.31. The van der Waals surface area contributed by atoms with Crippen LogP contribution in [0.4, 0.5) is 0 Å². The van der Waals surface area contributed by atoms with Gasteiger partial charge in [-0.25, -0.2) is 5.01 Å². The molecule has 0 aliphatic carbocycles. The Labute approximate surface area is 59.4 Å². The first-order valence-corrected chi connectivity index (χ1v) is 2.24. The Hall–Kier alpha value is 0.0500. The van der Waals surface area contributed by atoms with Crippen LogP contribution in [0.2, 0.25) is 0 Å². The molecule has 9 heavy (non-hydrogen) atoms. The first kappa shape index (κ1) is 9.05. The van der Waals surface area contributed by atoms with Crippen molar-refractivity contribution in [2.75, 3.05) is 13.3 Å². The summed E-state index contributed by atoms with van der Waals surface area (Å²) in [6, 6.07) is 0. The van der Waals surface area contributed by atoms with Crippen molar-refractivity contribution in [2.24, 2.45) is 17.5 Å². The van der Waals surface area contributed by atoms with Crippen LogP contribution in [0.25, 0.3) is 0 Å². The summed E-state index contributed by atoms with van der Waals surface area (Å²) in [4.78, 5) is 0. The summed E-state index contributed by atoms with van der Waals surface area (Å²) < 4.78 is 0. The predicted molar refractivity (Wildman–Crippen MR) is 35.1 cm³/mol. The molecule has 0 aromatic rings. The highest BCUT2D eigenvalue weighted by Gasteiger charge is 2.19. The van der Waals surface area contributed by atoms with Gasteiger partial charge in [0.25, 0.3) is 0 Å². The zero-order valence-electron chi connectivity index (χ0n) is 4.90. The quantitative estimate of drug-likeness (QED) is 0.343. The van der Waals surface area contributed by atoms with Gasteiger partial charge >= 0.3 is 0 Å². The summed E-state index contributed by atoms with van der Waals surface area (Å²) in [6.45, 7) is 0.965. The minimum atomic E-state index is 0. The third-order valence-corrected chi connectivity index (χ3v) is 0.983. The molecule has 1 aliphatic heterocycles. The Morgan fingerprint density at radius 2 is 1.22 bits per heavy atom. The SMILES string of the molecule is Cl.NN1CN(N)N(N)C1. The van der Waals surface area contributed by atoms with Crippen molar-refractivity contribution in [3.8, 4) is 0 Å². The van der Waals surface area contributed by atoms with Gasteiger partial charge < -0.3 is 0 Å². The molecule has 6 N–H and O–H groups in total. The second-order valence-corrected chi connectivity index (χ2v) is 1.75. The molecular formula is C2H11ClN6. The lowest BCUT2D eigenvalue weighted by molar-refractivity contribution is 0.0263. The van der Waals surface area contributed by atoms with E-state index in [-0.39, 0.29) is 12.4 Å². The zero-order chi connectivity index (χ0) is 6.15. The van der Waals surface area contributed by atoms with Gasteiger partial charge in [-0.1, -0.05) is 0 Å². The smallest absolute Gasteiger partial charge is 0.0965 e. The summed E-state index contributed by atoms with van der Waals surface area (Å²) >= 11 is 0. The van der Waals surface area contributed by atoms with Crippen molar-refractivity contribution in [2.45, 2.75) is 0 Å². The molecule has 1 rings (SSSR count). The van der Waals surface area contributed by atoms with Crippen molar-refractivity contribution in [1.29, 1.82) is 0 Å². The van der Waals surface area contributed by atoms with Crippen LogP contribution in [0.5, 0.6) is 0 Å². The molecule has 1 fully saturated rings. The fraction of sp³-hybridized carbons (Fsp3) is 1.00. The summed E-state index contributed by atoms with van der Waals surface area (Å²) in [6.07, 6.45) is 0. The Balaban J connectivity index is 0.000000640. The highest BCUT2D eigenvalue weighted by atomic mass is 35.5. The lowest BCUT2D eigenvalue weighted by Crippen LogP contribution is -2.46. The molecule has 7 heteroatoms. The third kappa shape index (κ3) is 2.03. The maximum Gasteiger partial charge on any atom is 0.0965 e. The number of rotatable bonds is 0. The normalized spacial score (nSPS) is 24.3. The van der Waals surface area contributed by atoms with Crippen molar-refractivity contribution < 1.29 is 0 Å². The van der Waals surface area contributed by atoms with Crippen LogP contribution >= 0.6 is 12.4 Å². The molecule has 0 radical (unpaired) electrons. The zero-order valence-corrected chi connectivity index (χ0v) is 5.71. The number of halogens is 1. The van der Waals surface area contributed by atoms with Crippen molar-refractivity contribution in [3.63, 3.8) is 0 Å². The molecule has 0 aromatic carbocycles. The van der Waals surface area contributed by atoms with E-state index in [1.54, 1.807) is 0 Å². The highest BCUT2D eigenvalue weighted by molar-refractivity contribution is 5.85. The van der Waals surface area contributed by atoms with Gasteiger partial charge in [0, 0.05) is 0 Å². The molecule has 0 spiro atoms. The van der Waals surface area contributed by atoms with Crippen molar-refractivity contribution in [3.05, 3.63) is 0 Å². The van der Waals surface area contributed by atoms with Crippen molar-refractivity contribution >= 4 is 12.4 Å². The van der Waals surface area contributed by atoms with Crippen LogP contribution in [0.15, 0.2) is 0 Å². The van der Waals surface area contributed by atoms with Crippen molar-refractivity contribution in [1.82, 2.24) is 15.2 Å². The van der Waals surface area contributed by atoms with E-state index in [0.717, 1.165) is 0 Å². The number of hydrogen-bond acceptors (Lipinski definition) is 6. The van der Waals surface area contributed by atoms with Crippen LogP contribution in [0.3, 0.4) is 0 Å². The average Bonchev–Trinajstić information content (AvgIpc) is 1.85. The maximum atomic E-state index is 5.31. The molecule has 1 saturated heterocycles. The van der Waals surface area contributed by atoms with Gasteiger partial charge in [-0.15, -0.1) is 22.6 Å². The van der Waals surface area contributed by atoms with E-state index in [4.69, 9.17) is 17.5 Å². The highest BCUT2D eigenvalue weighted by Crippen LogP contribution is 1.94. The third-order valence-electron chi connectivity index (χ3n) is 0.983. The van der Waals surface area contributed by atoms with E-state index < -0.39 is 0 Å². The monoisotopic (exact) mass is 154 g/mol. The molecule has 1 heterocycles. The Morgan fingerprint density at radius 3 is 1.33 bits per heavy atom. The van der Waals surface area contributed by atoms with E-state index in [1.165, 1.54) is 15.2 Å². The lowest BCUT2D eigenvalue weighted by Gasteiger charge is -2.13. The molecule has 0 amide bonds. The Morgan fingerprint density at radius 1 is 0.889 bits per heavy atom. The van der Waals surface area contributed by atoms with E-state index in [9.17, 15) is 0 Å². The first-order chi connectivity index (χ1) is 3.70.